The standard InChI is InChI=1S/C13H26O2/c1-5-6-7-8-9-12(11(2)3)10-13(14)15-4/h11-12H,5-10H2,1-4H3. The van der Waals surface area contributed by atoms with Crippen molar-refractivity contribution >= 4 is 5.97 Å². The monoisotopic (exact) mass is 214 g/mol. The van der Waals surface area contributed by atoms with E-state index < -0.39 is 0 Å². The van der Waals surface area contributed by atoms with Crippen molar-refractivity contribution in [1.29, 1.82) is 0 Å². The van der Waals surface area contributed by atoms with Crippen LogP contribution in [0.25, 0.3) is 0 Å². The second-order valence-corrected chi connectivity index (χ2v) is 4.63. The van der Waals surface area contributed by atoms with E-state index >= 15 is 0 Å². The Labute approximate surface area is 94.4 Å². The van der Waals surface area contributed by atoms with Gasteiger partial charge in [0.25, 0.3) is 0 Å². The van der Waals surface area contributed by atoms with Crippen molar-refractivity contribution < 1.29 is 9.53 Å². The zero-order chi connectivity index (χ0) is 11.7. The lowest BCUT2D eigenvalue weighted by atomic mass is 9.87. The second kappa shape index (κ2) is 8.75. The number of hydrogen-bond donors (Lipinski definition) is 0. The molecule has 0 aromatic rings. The highest BCUT2D eigenvalue weighted by Crippen LogP contribution is 2.22. The van der Waals surface area contributed by atoms with Crippen LogP contribution in [0.1, 0.15) is 59.3 Å². The van der Waals surface area contributed by atoms with Gasteiger partial charge in [-0.3, -0.25) is 4.79 Å². The molecule has 0 fully saturated rings. The fourth-order valence-electron chi connectivity index (χ4n) is 1.80. The molecule has 0 amide bonds. The maximum atomic E-state index is 11.2. The van der Waals surface area contributed by atoms with Gasteiger partial charge in [0.05, 0.1) is 7.11 Å². The Morgan fingerprint density at radius 1 is 1.20 bits per heavy atom. The van der Waals surface area contributed by atoms with Crippen molar-refractivity contribution in [3.05, 3.63) is 0 Å². The van der Waals surface area contributed by atoms with Crippen molar-refractivity contribution in [2.45, 2.75) is 59.3 Å². The predicted molar refractivity (Wildman–Crippen MR) is 63.7 cm³/mol. The van der Waals surface area contributed by atoms with Gasteiger partial charge in [-0.25, -0.2) is 0 Å². The summed E-state index contributed by atoms with van der Waals surface area (Å²) in [6.07, 6.45) is 6.86. The van der Waals surface area contributed by atoms with E-state index in [4.69, 9.17) is 4.74 Å². The van der Waals surface area contributed by atoms with Crippen LogP contribution in [0, 0.1) is 11.8 Å². The van der Waals surface area contributed by atoms with Gasteiger partial charge in [-0.15, -0.1) is 0 Å². The minimum atomic E-state index is -0.0656. The summed E-state index contributed by atoms with van der Waals surface area (Å²) in [5, 5.41) is 0. The first-order valence-electron chi connectivity index (χ1n) is 6.18. The Bertz CT molecular complexity index is 164. The van der Waals surface area contributed by atoms with E-state index in [1.165, 1.54) is 32.8 Å². The van der Waals surface area contributed by atoms with Crippen molar-refractivity contribution in [3.63, 3.8) is 0 Å². The molecule has 0 N–H and O–H groups in total. The summed E-state index contributed by atoms with van der Waals surface area (Å²) in [7, 11) is 1.47. The number of carbonyl (C=O) groups is 1. The zero-order valence-electron chi connectivity index (χ0n) is 10.7. The molecule has 0 rings (SSSR count). The van der Waals surface area contributed by atoms with E-state index in [1.807, 2.05) is 0 Å². The highest BCUT2D eigenvalue weighted by molar-refractivity contribution is 5.69. The molecule has 1 unspecified atom stereocenters. The molecule has 15 heavy (non-hydrogen) atoms. The minimum Gasteiger partial charge on any atom is -0.469 e. The van der Waals surface area contributed by atoms with E-state index in [0.29, 0.717) is 18.3 Å². The molecular formula is C13H26O2. The molecule has 0 spiro atoms. The van der Waals surface area contributed by atoms with Crippen LogP contribution in [0.3, 0.4) is 0 Å². The molecule has 1 atom stereocenters. The first kappa shape index (κ1) is 14.5. The second-order valence-electron chi connectivity index (χ2n) is 4.63. The van der Waals surface area contributed by atoms with Crippen molar-refractivity contribution in [1.82, 2.24) is 0 Å². The highest BCUT2D eigenvalue weighted by Gasteiger charge is 2.17. The lowest BCUT2D eigenvalue weighted by Gasteiger charge is -2.19. The zero-order valence-corrected chi connectivity index (χ0v) is 10.7. The summed E-state index contributed by atoms with van der Waals surface area (Å²) < 4.78 is 4.72. The largest absolute Gasteiger partial charge is 0.469 e. The Morgan fingerprint density at radius 3 is 2.33 bits per heavy atom. The molecule has 0 saturated carbocycles. The minimum absolute atomic E-state index is 0.0656. The van der Waals surface area contributed by atoms with Crippen molar-refractivity contribution in [2.75, 3.05) is 7.11 Å². The predicted octanol–water partition coefficient (Wildman–Crippen LogP) is 3.79. The van der Waals surface area contributed by atoms with E-state index in [1.54, 1.807) is 0 Å². The number of unbranched alkanes of at least 4 members (excludes halogenated alkanes) is 3. The lowest BCUT2D eigenvalue weighted by Crippen LogP contribution is -2.15. The average Bonchev–Trinajstić information content (AvgIpc) is 2.21. The van der Waals surface area contributed by atoms with E-state index in [-0.39, 0.29) is 5.97 Å². The van der Waals surface area contributed by atoms with Gasteiger partial charge in [0, 0.05) is 6.42 Å². The van der Waals surface area contributed by atoms with Crippen LogP contribution in [-0.4, -0.2) is 13.1 Å². The number of ether oxygens (including phenoxy) is 1. The summed E-state index contributed by atoms with van der Waals surface area (Å²) in [4.78, 5) is 11.2. The van der Waals surface area contributed by atoms with Gasteiger partial charge in [0.2, 0.25) is 0 Å². The fourth-order valence-corrected chi connectivity index (χ4v) is 1.80. The molecule has 0 aliphatic carbocycles. The number of methoxy groups -OCH3 is 1. The molecule has 2 nitrogen and oxygen atoms in total. The summed E-state index contributed by atoms with van der Waals surface area (Å²) >= 11 is 0. The molecule has 0 heterocycles. The van der Waals surface area contributed by atoms with E-state index in [9.17, 15) is 4.79 Å². The maximum Gasteiger partial charge on any atom is 0.305 e. The molecular weight excluding hydrogens is 188 g/mol. The Hall–Kier alpha value is -0.530. The summed E-state index contributed by atoms with van der Waals surface area (Å²) in [6, 6.07) is 0. The van der Waals surface area contributed by atoms with Crippen LogP contribution in [0.15, 0.2) is 0 Å². The molecule has 2 heteroatoms. The van der Waals surface area contributed by atoms with E-state index in [0.717, 1.165) is 6.42 Å². The van der Waals surface area contributed by atoms with Crippen LogP contribution in [0.2, 0.25) is 0 Å². The Balaban J connectivity index is 3.78. The highest BCUT2D eigenvalue weighted by atomic mass is 16.5. The molecule has 0 saturated heterocycles. The Kier molecular flexibility index (Phi) is 8.44. The van der Waals surface area contributed by atoms with Gasteiger partial charge in [-0.05, 0) is 18.3 Å². The molecule has 0 aromatic carbocycles. The molecule has 0 bridgehead atoms. The molecule has 90 valence electrons. The summed E-state index contributed by atoms with van der Waals surface area (Å²) in [6.45, 7) is 6.59. The van der Waals surface area contributed by atoms with Crippen LogP contribution < -0.4 is 0 Å². The normalized spacial score (nSPS) is 12.9. The van der Waals surface area contributed by atoms with Crippen LogP contribution in [-0.2, 0) is 9.53 Å². The maximum absolute atomic E-state index is 11.2. The van der Waals surface area contributed by atoms with Gasteiger partial charge in [0.15, 0.2) is 0 Å². The molecule has 0 aromatic heterocycles. The average molecular weight is 214 g/mol. The number of rotatable bonds is 8. The van der Waals surface area contributed by atoms with Gasteiger partial charge < -0.3 is 4.74 Å². The van der Waals surface area contributed by atoms with Gasteiger partial charge in [-0.2, -0.15) is 0 Å². The van der Waals surface area contributed by atoms with Gasteiger partial charge in [-0.1, -0.05) is 46.5 Å². The number of esters is 1. The first-order valence-corrected chi connectivity index (χ1v) is 6.18. The van der Waals surface area contributed by atoms with Crippen LogP contribution in [0.4, 0.5) is 0 Å². The number of carbonyl (C=O) groups excluding carboxylic acids is 1. The van der Waals surface area contributed by atoms with Gasteiger partial charge >= 0.3 is 5.97 Å². The third-order valence-electron chi connectivity index (χ3n) is 3.03. The third-order valence-corrected chi connectivity index (χ3v) is 3.03. The van der Waals surface area contributed by atoms with Crippen LogP contribution in [0.5, 0.6) is 0 Å². The van der Waals surface area contributed by atoms with Crippen molar-refractivity contribution in [3.8, 4) is 0 Å². The topological polar surface area (TPSA) is 26.3 Å². The molecule has 0 aliphatic heterocycles. The number of hydrogen-bond acceptors (Lipinski definition) is 2. The van der Waals surface area contributed by atoms with Crippen LogP contribution >= 0.6 is 0 Å². The SMILES string of the molecule is CCCCCCC(CC(=O)OC)C(C)C. The molecule has 0 aliphatic rings. The summed E-state index contributed by atoms with van der Waals surface area (Å²) in [5.41, 5.74) is 0. The smallest absolute Gasteiger partial charge is 0.305 e. The quantitative estimate of drug-likeness (QED) is 0.454. The summed E-state index contributed by atoms with van der Waals surface area (Å²) in [5.74, 6) is 1.00. The molecule has 0 radical (unpaired) electrons. The Morgan fingerprint density at radius 2 is 1.87 bits per heavy atom. The lowest BCUT2D eigenvalue weighted by molar-refractivity contribution is -0.142. The third kappa shape index (κ3) is 7.40. The van der Waals surface area contributed by atoms with E-state index in [2.05, 4.69) is 20.8 Å². The fraction of sp³-hybridized carbons (Fsp3) is 0.923. The van der Waals surface area contributed by atoms with Gasteiger partial charge in [0.1, 0.15) is 0 Å². The first-order chi connectivity index (χ1) is 7.11. The van der Waals surface area contributed by atoms with Crippen molar-refractivity contribution in [2.24, 2.45) is 11.8 Å².